The number of anilines is 1. The largest absolute Gasteiger partial charge is 0.326 e. The molecule has 6 heteroatoms. The summed E-state index contributed by atoms with van der Waals surface area (Å²) in [7, 11) is 0. The third-order valence-electron chi connectivity index (χ3n) is 3.43. The number of hydrogen-bond acceptors (Lipinski definition) is 4. The Morgan fingerprint density at radius 2 is 2.05 bits per heavy atom. The van der Waals surface area contributed by atoms with Gasteiger partial charge in [-0.3, -0.25) is 9.36 Å². The predicted molar refractivity (Wildman–Crippen MR) is 84.9 cm³/mol. The van der Waals surface area contributed by atoms with E-state index < -0.39 is 0 Å². The molecule has 1 amide bonds. The molecule has 0 radical (unpaired) electrons. The maximum absolute atomic E-state index is 11.8. The van der Waals surface area contributed by atoms with Crippen molar-refractivity contribution in [3.8, 4) is 5.69 Å². The van der Waals surface area contributed by atoms with Gasteiger partial charge in [0.15, 0.2) is 5.65 Å². The van der Waals surface area contributed by atoms with Gasteiger partial charge < -0.3 is 5.32 Å². The average molecular weight is 295 g/mol. The van der Waals surface area contributed by atoms with Gasteiger partial charge in [0, 0.05) is 11.6 Å². The first-order chi connectivity index (χ1) is 10.6. The van der Waals surface area contributed by atoms with Crippen LogP contribution in [0.1, 0.15) is 19.5 Å². The molecule has 0 unspecified atom stereocenters. The fourth-order valence-corrected chi connectivity index (χ4v) is 2.16. The average Bonchev–Trinajstić information content (AvgIpc) is 2.93. The zero-order valence-electron chi connectivity index (χ0n) is 12.7. The lowest BCUT2D eigenvalue weighted by molar-refractivity contribution is -0.118. The molecule has 0 spiro atoms. The van der Waals surface area contributed by atoms with Gasteiger partial charge in [0.1, 0.15) is 18.2 Å². The summed E-state index contributed by atoms with van der Waals surface area (Å²) in [5, 5.41) is 2.90. The highest BCUT2D eigenvalue weighted by atomic mass is 16.1. The zero-order valence-corrected chi connectivity index (χ0v) is 12.7. The molecule has 3 aromatic rings. The minimum Gasteiger partial charge on any atom is -0.326 e. The number of hydrogen-bond donors (Lipinski definition) is 1. The number of aryl methyl sites for hydroxylation is 1. The number of imidazole rings is 1. The number of carbonyl (C=O) groups is 1. The highest BCUT2D eigenvalue weighted by Crippen LogP contribution is 2.20. The first-order valence-corrected chi connectivity index (χ1v) is 7.12. The second-order valence-electron chi connectivity index (χ2n) is 5.44. The van der Waals surface area contributed by atoms with Crippen molar-refractivity contribution in [1.82, 2.24) is 19.5 Å². The highest BCUT2D eigenvalue weighted by molar-refractivity contribution is 5.92. The molecular weight excluding hydrogens is 278 g/mol. The summed E-state index contributed by atoms with van der Waals surface area (Å²) in [5.41, 5.74) is 4.01. The molecule has 2 aromatic heterocycles. The molecule has 1 aromatic carbocycles. The van der Waals surface area contributed by atoms with E-state index in [1.807, 2.05) is 49.6 Å². The van der Waals surface area contributed by atoms with Crippen LogP contribution in [-0.4, -0.2) is 25.4 Å². The van der Waals surface area contributed by atoms with Gasteiger partial charge in [-0.05, 0) is 25.1 Å². The van der Waals surface area contributed by atoms with Gasteiger partial charge in [0.2, 0.25) is 5.91 Å². The van der Waals surface area contributed by atoms with Gasteiger partial charge in [-0.25, -0.2) is 15.0 Å². The molecule has 0 fully saturated rings. The van der Waals surface area contributed by atoms with E-state index in [4.69, 9.17) is 0 Å². The molecular formula is C16H17N5O. The molecule has 1 N–H and O–H groups in total. The maximum atomic E-state index is 11.8. The number of nitrogens with zero attached hydrogens (tertiary/aromatic N) is 4. The van der Waals surface area contributed by atoms with Crippen LogP contribution in [0.15, 0.2) is 36.9 Å². The number of rotatable bonds is 3. The summed E-state index contributed by atoms with van der Waals surface area (Å²) in [4.78, 5) is 24.6. The van der Waals surface area contributed by atoms with Gasteiger partial charge in [-0.1, -0.05) is 19.9 Å². The zero-order chi connectivity index (χ0) is 15.7. The first kappa shape index (κ1) is 14.2. The molecule has 0 atom stereocenters. The van der Waals surface area contributed by atoms with Crippen LogP contribution in [0.5, 0.6) is 0 Å². The van der Waals surface area contributed by atoms with Crippen molar-refractivity contribution >= 4 is 22.8 Å². The molecule has 2 heterocycles. The molecule has 22 heavy (non-hydrogen) atoms. The standard InChI is InChI=1S/C16H17N5O/c1-10(2)16(22)20-12-5-4-6-13(7-12)21-9-19-14-11(3)17-8-18-15(14)21/h4-10H,1-3H3,(H,20,22). The maximum Gasteiger partial charge on any atom is 0.226 e. The van der Waals surface area contributed by atoms with Crippen LogP contribution in [0.2, 0.25) is 0 Å². The summed E-state index contributed by atoms with van der Waals surface area (Å²) in [6, 6.07) is 7.61. The fraction of sp³-hybridized carbons (Fsp3) is 0.250. The Hall–Kier alpha value is -2.76. The lowest BCUT2D eigenvalue weighted by atomic mass is 10.2. The third-order valence-corrected chi connectivity index (χ3v) is 3.43. The van der Waals surface area contributed by atoms with Gasteiger partial charge in [0.25, 0.3) is 0 Å². The van der Waals surface area contributed by atoms with Gasteiger partial charge >= 0.3 is 0 Å². The van der Waals surface area contributed by atoms with E-state index in [1.165, 1.54) is 6.33 Å². The van der Waals surface area contributed by atoms with Crippen LogP contribution in [0.3, 0.4) is 0 Å². The van der Waals surface area contributed by atoms with Crippen molar-refractivity contribution in [2.75, 3.05) is 5.32 Å². The van der Waals surface area contributed by atoms with Crippen molar-refractivity contribution in [3.05, 3.63) is 42.6 Å². The molecule has 0 aliphatic carbocycles. The van der Waals surface area contributed by atoms with Crippen LogP contribution in [0.25, 0.3) is 16.9 Å². The predicted octanol–water partition coefficient (Wildman–Crippen LogP) is 2.72. The summed E-state index contributed by atoms with van der Waals surface area (Å²) in [5.74, 6) is -0.0704. The quantitative estimate of drug-likeness (QED) is 0.806. The Morgan fingerprint density at radius 3 is 2.82 bits per heavy atom. The van der Waals surface area contributed by atoms with E-state index >= 15 is 0 Å². The Bertz CT molecular complexity index is 837. The SMILES string of the molecule is Cc1ncnc2c1ncn2-c1cccc(NC(=O)C(C)C)c1. The number of amides is 1. The van der Waals surface area contributed by atoms with Crippen molar-refractivity contribution in [1.29, 1.82) is 0 Å². The van der Waals surface area contributed by atoms with E-state index in [0.717, 1.165) is 28.2 Å². The van der Waals surface area contributed by atoms with Crippen molar-refractivity contribution in [2.24, 2.45) is 5.92 Å². The third kappa shape index (κ3) is 2.55. The number of carbonyl (C=O) groups excluding carboxylic acids is 1. The molecule has 3 rings (SSSR count). The Balaban J connectivity index is 2.01. The van der Waals surface area contributed by atoms with Crippen LogP contribution in [0, 0.1) is 12.8 Å². The number of fused-ring (bicyclic) bond motifs is 1. The second-order valence-corrected chi connectivity index (χ2v) is 5.44. The van der Waals surface area contributed by atoms with Crippen molar-refractivity contribution in [2.45, 2.75) is 20.8 Å². The van der Waals surface area contributed by atoms with Gasteiger partial charge in [0.05, 0.1) is 11.4 Å². The number of aromatic nitrogens is 4. The molecule has 6 nitrogen and oxygen atoms in total. The molecule has 0 bridgehead atoms. The topological polar surface area (TPSA) is 72.7 Å². The van der Waals surface area contributed by atoms with Crippen LogP contribution < -0.4 is 5.32 Å². The van der Waals surface area contributed by atoms with Crippen molar-refractivity contribution < 1.29 is 4.79 Å². The summed E-state index contributed by atoms with van der Waals surface area (Å²) in [6.07, 6.45) is 3.25. The van der Waals surface area contributed by atoms with E-state index in [-0.39, 0.29) is 11.8 Å². The van der Waals surface area contributed by atoms with E-state index in [1.54, 1.807) is 6.33 Å². The normalized spacial score (nSPS) is 11.1. The van der Waals surface area contributed by atoms with Crippen LogP contribution >= 0.6 is 0 Å². The lowest BCUT2D eigenvalue weighted by Gasteiger charge is -2.10. The summed E-state index contributed by atoms with van der Waals surface area (Å²) < 4.78 is 1.88. The van der Waals surface area contributed by atoms with E-state index in [9.17, 15) is 4.79 Å². The monoisotopic (exact) mass is 295 g/mol. The van der Waals surface area contributed by atoms with Crippen LogP contribution in [-0.2, 0) is 4.79 Å². The Morgan fingerprint density at radius 1 is 1.23 bits per heavy atom. The second kappa shape index (κ2) is 5.55. The summed E-state index contributed by atoms with van der Waals surface area (Å²) >= 11 is 0. The first-order valence-electron chi connectivity index (χ1n) is 7.12. The fourth-order valence-electron chi connectivity index (χ4n) is 2.16. The Kier molecular flexibility index (Phi) is 3.58. The molecule has 0 aliphatic rings. The smallest absolute Gasteiger partial charge is 0.226 e. The van der Waals surface area contributed by atoms with E-state index in [0.29, 0.717) is 0 Å². The number of benzene rings is 1. The highest BCUT2D eigenvalue weighted by Gasteiger charge is 2.10. The number of nitrogens with one attached hydrogen (secondary N) is 1. The van der Waals surface area contributed by atoms with Gasteiger partial charge in [-0.2, -0.15) is 0 Å². The molecule has 0 aliphatic heterocycles. The van der Waals surface area contributed by atoms with Gasteiger partial charge in [-0.15, -0.1) is 0 Å². The molecule has 0 saturated heterocycles. The molecule has 0 saturated carbocycles. The minimum atomic E-state index is -0.0619. The van der Waals surface area contributed by atoms with E-state index in [2.05, 4.69) is 20.3 Å². The summed E-state index contributed by atoms with van der Waals surface area (Å²) in [6.45, 7) is 5.63. The molecule has 112 valence electrons. The lowest BCUT2D eigenvalue weighted by Crippen LogP contribution is -2.17. The van der Waals surface area contributed by atoms with Crippen molar-refractivity contribution in [3.63, 3.8) is 0 Å². The Labute approximate surface area is 128 Å². The minimum absolute atomic E-state index is 0.00851. The van der Waals surface area contributed by atoms with Crippen LogP contribution in [0.4, 0.5) is 5.69 Å².